The van der Waals surface area contributed by atoms with Gasteiger partial charge in [0.2, 0.25) is 0 Å². The predicted molar refractivity (Wildman–Crippen MR) is 169 cm³/mol. The van der Waals surface area contributed by atoms with E-state index in [1.54, 1.807) is 0 Å². The number of ether oxygens (including phenoxy) is 4. The van der Waals surface area contributed by atoms with Gasteiger partial charge in [0.25, 0.3) is 0 Å². The molecule has 0 bridgehead atoms. The van der Waals surface area contributed by atoms with Crippen molar-refractivity contribution in [3.05, 3.63) is 133 Å². The molecule has 0 spiro atoms. The number of rotatable bonds is 14. The van der Waals surface area contributed by atoms with Crippen molar-refractivity contribution in [2.75, 3.05) is 26.4 Å². The van der Waals surface area contributed by atoms with Crippen LogP contribution in [0.4, 0.5) is 0 Å². The minimum absolute atomic E-state index is 0.125. The molecule has 4 aromatic carbocycles. The van der Waals surface area contributed by atoms with Gasteiger partial charge in [0, 0.05) is 28.7 Å². The van der Waals surface area contributed by atoms with E-state index >= 15 is 0 Å². The van der Waals surface area contributed by atoms with Crippen LogP contribution < -0.4 is 9.47 Å². The number of hydrogen-bond donors (Lipinski definition) is 0. The van der Waals surface area contributed by atoms with Gasteiger partial charge in [0.15, 0.2) is 0 Å². The quantitative estimate of drug-likeness (QED) is 0.0876. The number of benzene rings is 4. The zero-order valence-corrected chi connectivity index (χ0v) is 24.6. The van der Waals surface area contributed by atoms with Gasteiger partial charge in [-0.1, -0.05) is 99.8 Å². The highest BCUT2D eigenvalue weighted by Crippen LogP contribution is 2.41. The molecule has 0 unspecified atom stereocenters. The number of esters is 2. The van der Waals surface area contributed by atoms with Gasteiger partial charge in [0.05, 0.1) is 0 Å². The summed E-state index contributed by atoms with van der Waals surface area (Å²) in [5.41, 5.74) is 5.73. The summed E-state index contributed by atoms with van der Waals surface area (Å²) in [7, 11) is 0. The molecule has 0 saturated heterocycles. The highest BCUT2D eigenvalue weighted by molar-refractivity contribution is 5.81. The second kappa shape index (κ2) is 14.7. The highest BCUT2D eigenvalue weighted by Gasteiger charge is 2.26. The van der Waals surface area contributed by atoms with Crippen LogP contribution in [-0.2, 0) is 24.5 Å². The van der Waals surface area contributed by atoms with Crippen LogP contribution >= 0.6 is 0 Å². The van der Waals surface area contributed by atoms with E-state index in [9.17, 15) is 9.59 Å². The first-order valence-corrected chi connectivity index (χ1v) is 14.1. The maximum atomic E-state index is 11.4. The first-order chi connectivity index (χ1) is 20.8. The molecule has 4 rings (SSSR count). The van der Waals surface area contributed by atoms with E-state index < -0.39 is 11.9 Å². The van der Waals surface area contributed by atoms with Gasteiger partial charge in [-0.25, -0.2) is 9.59 Å². The van der Waals surface area contributed by atoms with Gasteiger partial charge in [-0.15, -0.1) is 0 Å². The van der Waals surface area contributed by atoms with Gasteiger partial charge in [-0.05, 0) is 46.5 Å². The lowest BCUT2D eigenvalue weighted by molar-refractivity contribution is -0.139. The van der Waals surface area contributed by atoms with Crippen LogP contribution in [0.25, 0.3) is 22.3 Å². The third-order valence-corrected chi connectivity index (χ3v) is 7.08. The van der Waals surface area contributed by atoms with Crippen LogP contribution in [-0.4, -0.2) is 38.4 Å². The molecule has 220 valence electrons. The largest absolute Gasteiger partial charge is 0.489 e. The summed E-state index contributed by atoms with van der Waals surface area (Å²) in [6.07, 6.45) is 2.27. The van der Waals surface area contributed by atoms with Crippen molar-refractivity contribution < 1.29 is 28.5 Å². The molecular weight excluding hydrogens is 540 g/mol. The Kier molecular flexibility index (Phi) is 10.5. The Morgan fingerprint density at radius 2 is 1.00 bits per heavy atom. The summed E-state index contributed by atoms with van der Waals surface area (Å²) >= 11 is 0. The van der Waals surface area contributed by atoms with E-state index in [2.05, 4.69) is 51.3 Å². The molecule has 0 fully saturated rings. The van der Waals surface area contributed by atoms with Crippen molar-refractivity contribution >= 4 is 11.9 Å². The van der Waals surface area contributed by atoms with Crippen molar-refractivity contribution in [1.82, 2.24) is 0 Å². The van der Waals surface area contributed by atoms with Crippen LogP contribution in [0, 0.1) is 0 Å². The first-order valence-electron chi connectivity index (χ1n) is 14.1. The molecule has 6 nitrogen and oxygen atoms in total. The fourth-order valence-corrected chi connectivity index (χ4v) is 4.65. The Labute approximate surface area is 253 Å². The lowest BCUT2D eigenvalue weighted by Crippen LogP contribution is -2.19. The van der Waals surface area contributed by atoms with Crippen LogP contribution in [0.15, 0.2) is 122 Å². The summed E-state index contributed by atoms with van der Waals surface area (Å²) in [6.45, 7) is 11.9. The van der Waals surface area contributed by atoms with E-state index in [1.807, 2.05) is 72.8 Å². The molecule has 0 heterocycles. The second-order valence-electron chi connectivity index (χ2n) is 10.2. The smallest absolute Gasteiger partial charge is 0.330 e. The summed E-state index contributed by atoms with van der Waals surface area (Å²) in [6, 6.07) is 32.5. The first kappa shape index (κ1) is 30.8. The van der Waals surface area contributed by atoms with E-state index in [0.29, 0.717) is 11.5 Å². The lowest BCUT2D eigenvalue weighted by atomic mass is 9.76. The molecule has 0 aliphatic rings. The molecule has 0 aliphatic carbocycles. The molecule has 6 heteroatoms. The molecule has 0 saturated carbocycles. The normalized spacial score (nSPS) is 10.8. The van der Waals surface area contributed by atoms with Crippen molar-refractivity contribution in [2.45, 2.75) is 19.3 Å². The van der Waals surface area contributed by atoms with Gasteiger partial charge < -0.3 is 18.9 Å². The Balaban J connectivity index is 1.66. The predicted octanol–water partition coefficient (Wildman–Crippen LogP) is 7.56. The minimum atomic E-state index is -0.480. The van der Waals surface area contributed by atoms with Crippen LogP contribution in [0.2, 0.25) is 0 Å². The van der Waals surface area contributed by atoms with Crippen LogP contribution in [0.3, 0.4) is 0 Å². The van der Waals surface area contributed by atoms with E-state index in [4.69, 9.17) is 18.9 Å². The van der Waals surface area contributed by atoms with E-state index in [-0.39, 0.29) is 31.8 Å². The molecule has 43 heavy (non-hydrogen) atoms. The molecule has 0 aliphatic heterocycles. The van der Waals surface area contributed by atoms with E-state index in [1.165, 1.54) is 0 Å². The average molecular weight is 577 g/mol. The summed E-state index contributed by atoms with van der Waals surface area (Å²) in [5, 5.41) is 0. The molecule has 0 amide bonds. The Bertz CT molecular complexity index is 1440. The third kappa shape index (κ3) is 8.01. The molecule has 4 aromatic rings. The van der Waals surface area contributed by atoms with Crippen LogP contribution in [0.1, 0.15) is 25.0 Å². The van der Waals surface area contributed by atoms with Crippen molar-refractivity contribution in [3.8, 4) is 33.8 Å². The molecule has 0 radical (unpaired) electrons. The number of carbonyl (C=O) groups excluding carboxylic acids is 2. The minimum Gasteiger partial charge on any atom is -0.489 e. The monoisotopic (exact) mass is 576 g/mol. The zero-order chi connectivity index (χ0) is 30.7. The number of hydrogen-bond acceptors (Lipinski definition) is 6. The van der Waals surface area contributed by atoms with Gasteiger partial charge in [-0.3, -0.25) is 0 Å². The highest BCUT2D eigenvalue weighted by atomic mass is 16.6. The summed E-state index contributed by atoms with van der Waals surface area (Å²) < 4.78 is 22.3. The summed E-state index contributed by atoms with van der Waals surface area (Å²) in [4.78, 5) is 22.8. The average Bonchev–Trinajstić information content (AvgIpc) is 3.05. The molecule has 0 aromatic heterocycles. The van der Waals surface area contributed by atoms with Crippen molar-refractivity contribution in [2.24, 2.45) is 0 Å². The molecule has 0 N–H and O–H groups in total. The lowest BCUT2D eigenvalue weighted by Gasteiger charge is -2.28. The topological polar surface area (TPSA) is 71.1 Å². The Hall–Kier alpha value is -5.10. The SMILES string of the molecule is C=CC(=O)OCCOc1ccc(C(C)(C)c2ccc(OCCOC(=O)C=C)c(-c3ccccc3)c2)cc1-c1ccccc1. The van der Waals surface area contributed by atoms with Gasteiger partial charge >= 0.3 is 11.9 Å². The standard InChI is InChI=1S/C37H36O6/c1-5-35(38)42-23-21-40-33-19-17-29(25-31(33)27-13-9-7-10-14-27)37(3,4)30-18-20-34(41-22-24-43-36(39)6-2)32(26-30)28-15-11-8-12-16-28/h5-20,25-26H,1-2,21-24H2,3-4H3. The number of carbonyl (C=O) groups is 2. The van der Waals surface area contributed by atoms with Gasteiger partial charge in [0.1, 0.15) is 37.9 Å². The molecule has 0 atom stereocenters. The summed E-state index contributed by atoms with van der Waals surface area (Å²) in [5.74, 6) is 0.440. The van der Waals surface area contributed by atoms with E-state index in [0.717, 1.165) is 45.5 Å². The van der Waals surface area contributed by atoms with Crippen molar-refractivity contribution in [3.63, 3.8) is 0 Å². The maximum Gasteiger partial charge on any atom is 0.330 e. The zero-order valence-electron chi connectivity index (χ0n) is 24.6. The van der Waals surface area contributed by atoms with Crippen molar-refractivity contribution in [1.29, 1.82) is 0 Å². The van der Waals surface area contributed by atoms with Crippen LogP contribution in [0.5, 0.6) is 11.5 Å². The fourth-order valence-electron chi connectivity index (χ4n) is 4.65. The Morgan fingerprint density at radius 3 is 1.37 bits per heavy atom. The third-order valence-electron chi connectivity index (χ3n) is 7.08. The molecular formula is C37H36O6. The maximum absolute atomic E-state index is 11.4. The van der Waals surface area contributed by atoms with Gasteiger partial charge in [-0.2, -0.15) is 0 Å². The fraction of sp³-hybridized carbons (Fsp3) is 0.189. The second-order valence-corrected chi connectivity index (χ2v) is 10.2. The Morgan fingerprint density at radius 1 is 0.605 bits per heavy atom.